The van der Waals surface area contributed by atoms with Crippen molar-refractivity contribution in [3.8, 4) is 0 Å². The highest BCUT2D eigenvalue weighted by Gasteiger charge is 2.42. The third kappa shape index (κ3) is 2.69. The van der Waals surface area contributed by atoms with Gasteiger partial charge in [-0.3, -0.25) is 4.79 Å². The van der Waals surface area contributed by atoms with E-state index < -0.39 is 11.5 Å². The molecule has 2 atom stereocenters. The van der Waals surface area contributed by atoms with Crippen LogP contribution in [0.4, 0.5) is 0 Å². The lowest BCUT2D eigenvalue weighted by Crippen LogP contribution is -2.45. The lowest BCUT2D eigenvalue weighted by Gasteiger charge is -2.18. The van der Waals surface area contributed by atoms with Crippen LogP contribution in [0.15, 0.2) is 0 Å². The van der Waals surface area contributed by atoms with Crippen molar-refractivity contribution in [3.05, 3.63) is 0 Å². The Kier molecular flexibility index (Phi) is 3.50. The second-order valence-electron chi connectivity index (χ2n) is 4.55. The summed E-state index contributed by atoms with van der Waals surface area (Å²) in [5.41, 5.74) is 4.67. The second kappa shape index (κ2) is 4.28. The molecule has 1 saturated carbocycles. The van der Waals surface area contributed by atoms with Gasteiger partial charge in [0.1, 0.15) is 5.54 Å². The largest absolute Gasteiger partial charge is 0.480 e. The summed E-state index contributed by atoms with van der Waals surface area (Å²) in [6, 6.07) is 0. The fourth-order valence-corrected chi connectivity index (χ4v) is 1.69. The van der Waals surface area contributed by atoms with Gasteiger partial charge in [-0.25, -0.2) is 0 Å². The highest BCUT2D eigenvalue weighted by Crippen LogP contribution is 2.30. The molecule has 14 heavy (non-hydrogen) atoms. The third-order valence-corrected chi connectivity index (χ3v) is 2.60. The van der Waals surface area contributed by atoms with Crippen LogP contribution in [0.3, 0.4) is 0 Å². The average Bonchev–Trinajstić information content (AvgIpc) is 2.45. The maximum atomic E-state index is 10.8. The number of carbonyl (C=O) groups is 1. The summed E-state index contributed by atoms with van der Waals surface area (Å²) in [7, 11) is 0. The van der Waals surface area contributed by atoms with Crippen molar-refractivity contribution in [1.82, 2.24) is 0 Å². The van der Waals surface area contributed by atoms with Gasteiger partial charge in [-0.05, 0) is 18.8 Å². The van der Waals surface area contributed by atoms with Crippen LogP contribution in [0, 0.1) is 5.92 Å². The lowest BCUT2D eigenvalue weighted by molar-refractivity contribution is -0.143. The van der Waals surface area contributed by atoms with E-state index in [2.05, 4.69) is 13.8 Å². The Morgan fingerprint density at radius 1 is 1.71 bits per heavy atom. The molecular weight excluding hydrogens is 182 g/mol. The topological polar surface area (TPSA) is 72.5 Å². The van der Waals surface area contributed by atoms with E-state index >= 15 is 0 Å². The summed E-state index contributed by atoms with van der Waals surface area (Å²) in [4.78, 5) is 10.8. The number of hydrogen-bond donors (Lipinski definition) is 2. The molecule has 4 nitrogen and oxygen atoms in total. The zero-order chi connectivity index (χ0) is 10.8. The average molecular weight is 201 g/mol. The quantitative estimate of drug-likeness (QED) is 0.711. The molecule has 4 heteroatoms. The molecule has 1 rings (SSSR count). The first-order valence-corrected chi connectivity index (χ1v) is 5.08. The van der Waals surface area contributed by atoms with Crippen molar-refractivity contribution < 1.29 is 14.6 Å². The van der Waals surface area contributed by atoms with Gasteiger partial charge in [0.05, 0.1) is 6.10 Å². The van der Waals surface area contributed by atoms with E-state index in [1.54, 1.807) is 0 Å². The summed E-state index contributed by atoms with van der Waals surface area (Å²) >= 11 is 0. The zero-order valence-electron chi connectivity index (χ0n) is 8.82. The standard InChI is InChI=1S/C10H19NO3/c1-7(2)6-14-8-3-4-10(11,5-8)9(12)13/h7-8H,3-6,11H2,1-2H3,(H,12,13). The maximum absolute atomic E-state index is 10.8. The lowest BCUT2D eigenvalue weighted by atomic mass is 10.00. The molecule has 0 spiro atoms. The van der Waals surface area contributed by atoms with Crippen LogP contribution in [0.25, 0.3) is 0 Å². The van der Waals surface area contributed by atoms with Crippen LogP contribution in [0.2, 0.25) is 0 Å². The van der Waals surface area contributed by atoms with Gasteiger partial charge >= 0.3 is 5.97 Å². The van der Waals surface area contributed by atoms with Gasteiger partial charge in [-0.1, -0.05) is 13.8 Å². The van der Waals surface area contributed by atoms with Gasteiger partial charge < -0.3 is 15.6 Å². The van der Waals surface area contributed by atoms with Crippen LogP contribution in [0.1, 0.15) is 33.1 Å². The minimum absolute atomic E-state index is 0.0264. The number of ether oxygens (including phenoxy) is 1. The number of nitrogens with two attached hydrogens (primary N) is 1. The summed E-state index contributed by atoms with van der Waals surface area (Å²) in [6.07, 6.45) is 1.74. The number of aliphatic carboxylic acids is 1. The van der Waals surface area contributed by atoms with Crippen LogP contribution in [0.5, 0.6) is 0 Å². The van der Waals surface area contributed by atoms with Gasteiger partial charge in [0.25, 0.3) is 0 Å². The fourth-order valence-electron chi connectivity index (χ4n) is 1.69. The summed E-state index contributed by atoms with van der Waals surface area (Å²) < 4.78 is 5.57. The first kappa shape index (κ1) is 11.5. The molecule has 82 valence electrons. The summed E-state index contributed by atoms with van der Waals surface area (Å²) in [5.74, 6) is -0.430. The van der Waals surface area contributed by atoms with Crippen molar-refractivity contribution in [1.29, 1.82) is 0 Å². The first-order valence-electron chi connectivity index (χ1n) is 5.08. The van der Waals surface area contributed by atoms with E-state index in [0.29, 0.717) is 25.4 Å². The molecule has 0 saturated heterocycles. The fraction of sp³-hybridized carbons (Fsp3) is 0.900. The van der Waals surface area contributed by atoms with Gasteiger partial charge in [-0.15, -0.1) is 0 Å². The molecular formula is C10H19NO3. The number of hydrogen-bond acceptors (Lipinski definition) is 3. The van der Waals surface area contributed by atoms with Crippen molar-refractivity contribution in [2.75, 3.05) is 6.61 Å². The van der Waals surface area contributed by atoms with Crippen molar-refractivity contribution in [2.45, 2.75) is 44.8 Å². The van der Waals surface area contributed by atoms with Gasteiger partial charge in [0, 0.05) is 13.0 Å². The highest BCUT2D eigenvalue weighted by atomic mass is 16.5. The van der Waals surface area contributed by atoms with E-state index in [1.165, 1.54) is 0 Å². The van der Waals surface area contributed by atoms with Crippen LogP contribution in [-0.2, 0) is 9.53 Å². The summed E-state index contributed by atoms with van der Waals surface area (Å²) in [6.45, 7) is 4.82. The molecule has 0 aliphatic heterocycles. The molecule has 3 N–H and O–H groups in total. The minimum Gasteiger partial charge on any atom is -0.480 e. The summed E-state index contributed by atoms with van der Waals surface area (Å²) in [5, 5.41) is 8.89. The Hall–Kier alpha value is -0.610. The predicted octanol–water partition coefficient (Wildman–Crippen LogP) is 0.994. The van der Waals surface area contributed by atoms with Gasteiger partial charge in [-0.2, -0.15) is 0 Å². The Labute approximate surface area is 84.4 Å². The molecule has 0 bridgehead atoms. The minimum atomic E-state index is -1.05. The molecule has 1 fully saturated rings. The van der Waals surface area contributed by atoms with Gasteiger partial charge in [0.15, 0.2) is 0 Å². The number of rotatable bonds is 4. The second-order valence-corrected chi connectivity index (χ2v) is 4.55. The molecule has 0 aromatic rings. The first-order chi connectivity index (χ1) is 6.44. The van der Waals surface area contributed by atoms with E-state index in [4.69, 9.17) is 15.6 Å². The molecule has 1 aliphatic rings. The van der Waals surface area contributed by atoms with Crippen molar-refractivity contribution in [3.63, 3.8) is 0 Å². The zero-order valence-corrected chi connectivity index (χ0v) is 8.82. The number of carboxylic acid groups (broad SMARTS) is 1. The third-order valence-electron chi connectivity index (χ3n) is 2.60. The van der Waals surface area contributed by atoms with E-state index in [-0.39, 0.29) is 6.10 Å². The molecule has 0 aromatic carbocycles. The van der Waals surface area contributed by atoms with Crippen molar-refractivity contribution in [2.24, 2.45) is 11.7 Å². The smallest absolute Gasteiger partial charge is 0.323 e. The van der Waals surface area contributed by atoms with E-state index in [1.807, 2.05) is 0 Å². The van der Waals surface area contributed by atoms with Crippen LogP contribution in [-0.4, -0.2) is 29.3 Å². The van der Waals surface area contributed by atoms with Crippen LogP contribution < -0.4 is 5.73 Å². The SMILES string of the molecule is CC(C)COC1CCC(N)(C(=O)O)C1. The molecule has 2 unspecified atom stereocenters. The Morgan fingerprint density at radius 3 is 2.79 bits per heavy atom. The van der Waals surface area contributed by atoms with E-state index in [9.17, 15) is 4.79 Å². The Balaban J connectivity index is 2.37. The Morgan fingerprint density at radius 2 is 2.36 bits per heavy atom. The number of carboxylic acids is 1. The molecule has 1 aliphatic carbocycles. The highest BCUT2D eigenvalue weighted by molar-refractivity contribution is 5.78. The monoisotopic (exact) mass is 201 g/mol. The normalized spacial score (nSPS) is 32.4. The maximum Gasteiger partial charge on any atom is 0.323 e. The molecule has 0 amide bonds. The molecule has 0 aromatic heterocycles. The Bertz CT molecular complexity index is 217. The molecule has 0 heterocycles. The van der Waals surface area contributed by atoms with Crippen molar-refractivity contribution >= 4 is 5.97 Å². The predicted molar refractivity (Wildman–Crippen MR) is 53.0 cm³/mol. The van der Waals surface area contributed by atoms with Gasteiger partial charge in [0.2, 0.25) is 0 Å². The van der Waals surface area contributed by atoms with E-state index in [0.717, 1.165) is 6.42 Å². The van der Waals surface area contributed by atoms with Crippen LogP contribution >= 0.6 is 0 Å². The molecule has 0 radical (unpaired) electrons.